The number of fused-ring (bicyclic) bond motifs is 2. The minimum Gasteiger partial charge on any atom is -0.490 e. The van der Waals surface area contributed by atoms with Gasteiger partial charge in [-0.15, -0.1) is 11.3 Å². The molecule has 12 heteroatoms. The third-order valence-corrected chi connectivity index (χ3v) is 8.97. The molecule has 0 radical (unpaired) electrons. The first-order chi connectivity index (χ1) is 21.8. The summed E-state index contributed by atoms with van der Waals surface area (Å²) in [4.78, 5) is 32.4. The maximum Gasteiger partial charge on any atom is 0.245 e. The summed E-state index contributed by atoms with van der Waals surface area (Å²) in [5.74, 6) is -2.44. The number of aromatic nitrogens is 3. The number of aryl methyl sites for hydroxylation is 1. The summed E-state index contributed by atoms with van der Waals surface area (Å²) >= 11 is 1.36. The molecule has 1 fully saturated rings. The van der Waals surface area contributed by atoms with Crippen LogP contribution in [-0.2, 0) is 21.4 Å². The molecule has 1 N–H and O–H groups in total. The molecule has 3 aromatic heterocycles. The number of hydrogen-bond donors (Lipinski definition) is 1. The van der Waals surface area contributed by atoms with Gasteiger partial charge in [-0.25, -0.2) is 13.8 Å². The van der Waals surface area contributed by atoms with Crippen molar-refractivity contribution in [3.05, 3.63) is 72.3 Å². The molecule has 0 aliphatic carbocycles. The molecule has 0 unspecified atom stereocenters. The summed E-state index contributed by atoms with van der Waals surface area (Å²) in [6.07, 6.45) is 3.92. The molecule has 2 aromatic carbocycles. The van der Waals surface area contributed by atoms with E-state index in [1.807, 2.05) is 36.7 Å². The van der Waals surface area contributed by atoms with E-state index in [1.54, 1.807) is 15.8 Å². The van der Waals surface area contributed by atoms with E-state index < -0.39 is 17.6 Å². The number of halogens is 2. The summed E-state index contributed by atoms with van der Waals surface area (Å²) in [6, 6.07) is 9.65. The molecule has 0 saturated carbocycles. The van der Waals surface area contributed by atoms with Gasteiger partial charge in [0.15, 0.2) is 0 Å². The second kappa shape index (κ2) is 12.7. The van der Waals surface area contributed by atoms with Crippen molar-refractivity contribution in [2.75, 3.05) is 38.7 Å². The number of pyridine rings is 1. The van der Waals surface area contributed by atoms with Gasteiger partial charge >= 0.3 is 0 Å². The van der Waals surface area contributed by atoms with E-state index in [0.717, 1.165) is 34.0 Å². The topological polar surface area (TPSA) is 98.6 Å². The summed E-state index contributed by atoms with van der Waals surface area (Å²) < 4.78 is 43.6. The van der Waals surface area contributed by atoms with Crippen molar-refractivity contribution in [3.63, 3.8) is 0 Å². The summed E-state index contributed by atoms with van der Waals surface area (Å²) in [6.45, 7) is 4.63. The highest BCUT2D eigenvalue weighted by Crippen LogP contribution is 2.46. The number of methoxy groups -OCH3 is 1. The first kappa shape index (κ1) is 30.4. The fourth-order valence-corrected chi connectivity index (χ4v) is 6.68. The van der Waals surface area contributed by atoms with E-state index in [0.29, 0.717) is 41.9 Å². The van der Waals surface area contributed by atoms with Crippen LogP contribution in [0.3, 0.4) is 0 Å². The molecule has 2 amide bonds. The maximum absolute atomic E-state index is 15.8. The summed E-state index contributed by atoms with van der Waals surface area (Å²) in [5.41, 5.74) is 2.60. The molecular formula is C33H31F2N5O4S. The van der Waals surface area contributed by atoms with Crippen LogP contribution in [0.4, 0.5) is 14.6 Å². The van der Waals surface area contributed by atoms with Crippen LogP contribution in [0.5, 0.6) is 5.75 Å². The van der Waals surface area contributed by atoms with Crippen molar-refractivity contribution < 1.29 is 27.8 Å². The van der Waals surface area contributed by atoms with Crippen molar-refractivity contribution in [1.82, 2.24) is 19.7 Å². The molecule has 1 aliphatic heterocycles. The summed E-state index contributed by atoms with van der Waals surface area (Å²) in [5, 5.41) is 10.8. The zero-order chi connectivity index (χ0) is 31.7. The minimum atomic E-state index is -0.852. The van der Waals surface area contributed by atoms with Gasteiger partial charge in [0.2, 0.25) is 11.8 Å². The van der Waals surface area contributed by atoms with E-state index in [1.165, 1.54) is 24.5 Å². The van der Waals surface area contributed by atoms with Crippen molar-refractivity contribution in [1.29, 1.82) is 0 Å². The van der Waals surface area contributed by atoms with Crippen LogP contribution < -0.4 is 10.1 Å². The Hall–Kier alpha value is -4.68. The van der Waals surface area contributed by atoms with E-state index in [4.69, 9.17) is 14.5 Å². The van der Waals surface area contributed by atoms with E-state index in [-0.39, 0.29) is 42.2 Å². The van der Waals surface area contributed by atoms with Crippen LogP contribution in [-0.4, -0.2) is 64.9 Å². The van der Waals surface area contributed by atoms with Gasteiger partial charge in [-0.3, -0.25) is 14.3 Å². The van der Waals surface area contributed by atoms with E-state index >= 15 is 4.39 Å². The number of ether oxygens (including phenoxy) is 2. The molecule has 45 heavy (non-hydrogen) atoms. The Balaban J connectivity index is 1.49. The predicted octanol–water partition coefficient (Wildman–Crippen LogP) is 6.18. The zero-order valence-corrected chi connectivity index (χ0v) is 25.6. The van der Waals surface area contributed by atoms with Crippen LogP contribution in [0.15, 0.2) is 60.6 Å². The molecule has 9 nitrogen and oxygen atoms in total. The normalized spacial score (nSPS) is 13.8. The first-order valence-corrected chi connectivity index (χ1v) is 15.3. The van der Waals surface area contributed by atoms with Gasteiger partial charge in [0.05, 0.1) is 29.6 Å². The lowest BCUT2D eigenvalue weighted by Gasteiger charge is -2.30. The number of nitrogens with one attached hydrogen (secondary N) is 1. The molecular weight excluding hydrogens is 600 g/mol. The SMILES string of the molecule is C=CC(=O)N1CCC(C(=O)Nc2nc(-c3ccc4c(cnn4C)c3)c3ccsc3c2-c2c(F)cc(F)cc2OCCOC)CC1. The number of likely N-dealkylation sites (tertiary alicyclic amines) is 1. The Morgan fingerprint density at radius 2 is 1.93 bits per heavy atom. The highest BCUT2D eigenvalue weighted by molar-refractivity contribution is 7.18. The van der Waals surface area contributed by atoms with Gasteiger partial charge < -0.3 is 19.7 Å². The van der Waals surface area contributed by atoms with Crippen molar-refractivity contribution in [3.8, 4) is 28.1 Å². The lowest BCUT2D eigenvalue weighted by atomic mass is 9.95. The van der Waals surface area contributed by atoms with Crippen LogP contribution in [0.25, 0.3) is 43.4 Å². The summed E-state index contributed by atoms with van der Waals surface area (Å²) in [7, 11) is 3.36. The Kier molecular flexibility index (Phi) is 8.59. The Labute approximate surface area is 262 Å². The third-order valence-electron chi connectivity index (χ3n) is 8.03. The first-order valence-electron chi connectivity index (χ1n) is 14.5. The van der Waals surface area contributed by atoms with Crippen LogP contribution in [0.1, 0.15) is 12.8 Å². The molecule has 5 aromatic rings. The van der Waals surface area contributed by atoms with Gasteiger partial charge in [-0.1, -0.05) is 12.6 Å². The monoisotopic (exact) mass is 631 g/mol. The Morgan fingerprint density at radius 3 is 2.69 bits per heavy atom. The quantitative estimate of drug-likeness (QED) is 0.154. The maximum atomic E-state index is 15.8. The van der Waals surface area contributed by atoms with Crippen LogP contribution in [0.2, 0.25) is 0 Å². The van der Waals surface area contributed by atoms with Crippen LogP contribution in [0, 0.1) is 17.6 Å². The molecule has 1 saturated heterocycles. The highest BCUT2D eigenvalue weighted by atomic mass is 32.1. The second-order valence-corrected chi connectivity index (χ2v) is 11.7. The van der Waals surface area contributed by atoms with Crippen molar-refractivity contribution in [2.24, 2.45) is 13.0 Å². The largest absolute Gasteiger partial charge is 0.490 e. The molecule has 232 valence electrons. The number of benzene rings is 2. The molecule has 0 bridgehead atoms. The number of nitrogens with zero attached hydrogens (tertiary/aromatic N) is 4. The average molecular weight is 632 g/mol. The number of amides is 2. The average Bonchev–Trinajstić information content (AvgIpc) is 3.68. The number of hydrogen-bond acceptors (Lipinski definition) is 7. The van der Waals surface area contributed by atoms with Gasteiger partial charge in [-0.2, -0.15) is 5.10 Å². The van der Waals surface area contributed by atoms with Gasteiger partial charge in [0.1, 0.15) is 29.8 Å². The lowest BCUT2D eigenvalue weighted by Crippen LogP contribution is -2.40. The van der Waals surface area contributed by atoms with E-state index in [2.05, 4.69) is 17.0 Å². The number of carbonyl (C=O) groups excluding carboxylic acids is 2. The fraction of sp³-hybridized carbons (Fsp3) is 0.273. The Bertz CT molecular complexity index is 1930. The number of carbonyl (C=O) groups is 2. The van der Waals surface area contributed by atoms with Gasteiger partial charge in [-0.05, 0) is 42.5 Å². The standard InChI is InChI=1S/C33H31F2N5O4S/c1-4-27(41)40-10-7-19(8-11-40)33(42)38-32-29(28-24(35)16-22(34)17-26(28)44-13-12-43-3)31-23(9-14-45-31)30(37-32)20-5-6-25-21(15-20)18-36-39(25)2/h4-6,9,14-19H,1,7-8,10-13H2,2-3H3,(H,37,38,42). The Morgan fingerprint density at radius 1 is 1.13 bits per heavy atom. The predicted molar refractivity (Wildman–Crippen MR) is 170 cm³/mol. The minimum absolute atomic E-state index is 0.0107. The van der Waals surface area contributed by atoms with Crippen molar-refractivity contribution >= 4 is 50.0 Å². The molecule has 6 rings (SSSR count). The van der Waals surface area contributed by atoms with Crippen LogP contribution >= 0.6 is 11.3 Å². The lowest BCUT2D eigenvalue weighted by molar-refractivity contribution is -0.130. The van der Waals surface area contributed by atoms with E-state index in [9.17, 15) is 14.0 Å². The molecule has 0 spiro atoms. The van der Waals surface area contributed by atoms with Crippen molar-refractivity contribution in [2.45, 2.75) is 12.8 Å². The third kappa shape index (κ3) is 5.90. The number of rotatable bonds is 9. The fourth-order valence-electron chi connectivity index (χ4n) is 5.73. The number of thiophene rings is 1. The second-order valence-electron chi connectivity index (χ2n) is 10.8. The highest BCUT2D eigenvalue weighted by Gasteiger charge is 2.30. The number of piperidine rings is 1. The zero-order valence-electron chi connectivity index (χ0n) is 24.8. The molecule has 4 heterocycles. The smallest absolute Gasteiger partial charge is 0.245 e. The molecule has 1 aliphatic rings. The van der Waals surface area contributed by atoms with Gasteiger partial charge in [0, 0.05) is 71.9 Å². The molecule has 0 atom stereocenters. The van der Waals surface area contributed by atoms with Gasteiger partial charge in [0.25, 0.3) is 0 Å². The number of anilines is 1.